The Hall–Kier alpha value is -3.07. The van der Waals surface area contributed by atoms with Crippen molar-refractivity contribution >= 4 is 5.65 Å². The van der Waals surface area contributed by atoms with Crippen molar-refractivity contribution in [1.29, 1.82) is 5.26 Å². The van der Waals surface area contributed by atoms with E-state index in [1.54, 1.807) is 17.7 Å². The molecule has 1 saturated carbocycles. The van der Waals surface area contributed by atoms with Crippen molar-refractivity contribution in [3.05, 3.63) is 41.2 Å². The number of nitriles is 1. The van der Waals surface area contributed by atoms with Gasteiger partial charge < -0.3 is 9.84 Å². The molecule has 0 aliphatic heterocycles. The molecule has 0 spiro atoms. The summed E-state index contributed by atoms with van der Waals surface area (Å²) in [6, 6.07) is 8.95. The van der Waals surface area contributed by atoms with E-state index in [1.165, 1.54) is 6.07 Å². The molecule has 0 amide bonds. The molecule has 24 heavy (non-hydrogen) atoms. The van der Waals surface area contributed by atoms with Gasteiger partial charge in [0.2, 0.25) is 0 Å². The lowest BCUT2D eigenvalue weighted by molar-refractivity contribution is 0.416. The lowest BCUT2D eigenvalue weighted by Gasteiger charge is -2.11. The second kappa shape index (κ2) is 5.24. The van der Waals surface area contributed by atoms with Gasteiger partial charge in [-0.1, -0.05) is 0 Å². The monoisotopic (exact) mass is 320 g/mol. The van der Waals surface area contributed by atoms with Gasteiger partial charge in [0.1, 0.15) is 5.75 Å². The molecule has 3 aromatic rings. The zero-order valence-electron chi connectivity index (χ0n) is 13.4. The first-order chi connectivity index (χ1) is 11.6. The van der Waals surface area contributed by atoms with E-state index in [-0.39, 0.29) is 5.75 Å². The highest BCUT2D eigenvalue weighted by atomic mass is 16.5. The molecule has 6 nitrogen and oxygen atoms in total. The minimum atomic E-state index is 0.0543. The summed E-state index contributed by atoms with van der Waals surface area (Å²) in [6.07, 6.45) is 2.22. The second-order valence-corrected chi connectivity index (χ2v) is 6.04. The smallest absolute Gasteiger partial charge is 0.198 e. The number of hydrogen-bond acceptors (Lipinski definition) is 5. The molecule has 0 unspecified atom stereocenters. The fourth-order valence-corrected chi connectivity index (χ4v) is 2.91. The Morgan fingerprint density at radius 3 is 2.79 bits per heavy atom. The van der Waals surface area contributed by atoms with Gasteiger partial charge in [0.25, 0.3) is 0 Å². The zero-order valence-corrected chi connectivity index (χ0v) is 13.4. The number of fused-ring (bicyclic) bond motifs is 1. The van der Waals surface area contributed by atoms with Crippen LogP contribution >= 0.6 is 0 Å². The maximum absolute atomic E-state index is 9.97. The number of nitrogens with zero attached hydrogens (tertiary/aromatic N) is 4. The number of ether oxygens (including phenoxy) is 1. The highest BCUT2D eigenvalue weighted by molar-refractivity contribution is 5.73. The van der Waals surface area contributed by atoms with E-state index in [1.807, 2.05) is 19.1 Å². The van der Waals surface area contributed by atoms with E-state index in [9.17, 15) is 10.4 Å². The van der Waals surface area contributed by atoms with E-state index in [0.717, 1.165) is 35.5 Å². The van der Waals surface area contributed by atoms with Gasteiger partial charge in [-0.2, -0.15) is 10.4 Å². The van der Waals surface area contributed by atoms with Crippen molar-refractivity contribution < 1.29 is 9.84 Å². The summed E-state index contributed by atoms with van der Waals surface area (Å²) in [5.74, 6) is 1.94. The molecule has 1 fully saturated rings. The average molecular weight is 320 g/mol. The van der Waals surface area contributed by atoms with Gasteiger partial charge in [-0.25, -0.2) is 9.50 Å². The molecule has 1 aromatic carbocycles. The molecule has 1 aliphatic carbocycles. The molecule has 1 N–H and O–H groups in total. The second-order valence-electron chi connectivity index (χ2n) is 6.04. The van der Waals surface area contributed by atoms with E-state index in [4.69, 9.17) is 4.74 Å². The topological polar surface area (TPSA) is 83.4 Å². The number of hydrogen-bond donors (Lipinski definition) is 1. The number of rotatable bonds is 3. The van der Waals surface area contributed by atoms with Crippen LogP contribution in [0.25, 0.3) is 16.9 Å². The number of aromatic hydroxyl groups is 1. The summed E-state index contributed by atoms with van der Waals surface area (Å²) in [4.78, 5) is 4.63. The predicted molar refractivity (Wildman–Crippen MR) is 88.1 cm³/mol. The summed E-state index contributed by atoms with van der Waals surface area (Å²) in [5.41, 5.74) is 3.42. The van der Waals surface area contributed by atoms with Crippen LogP contribution in [0.2, 0.25) is 0 Å². The van der Waals surface area contributed by atoms with Crippen LogP contribution in [0.4, 0.5) is 0 Å². The minimum Gasteiger partial charge on any atom is -0.508 e. The minimum absolute atomic E-state index is 0.0543. The summed E-state index contributed by atoms with van der Waals surface area (Å²) in [6.45, 7) is 1.86. The van der Waals surface area contributed by atoms with Crippen molar-refractivity contribution in [3.63, 3.8) is 0 Å². The first-order valence-corrected chi connectivity index (χ1v) is 7.80. The van der Waals surface area contributed by atoms with Crippen LogP contribution < -0.4 is 4.74 Å². The number of pyridine rings is 1. The molecule has 0 atom stereocenters. The molecule has 0 saturated heterocycles. The van der Waals surface area contributed by atoms with Crippen LogP contribution in [-0.2, 0) is 0 Å². The van der Waals surface area contributed by atoms with Crippen molar-refractivity contribution in [2.75, 3.05) is 7.11 Å². The third-order valence-electron chi connectivity index (χ3n) is 4.42. The highest BCUT2D eigenvalue weighted by Gasteiger charge is 2.29. The summed E-state index contributed by atoms with van der Waals surface area (Å²) in [7, 11) is 1.61. The van der Waals surface area contributed by atoms with E-state index in [2.05, 4.69) is 16.2 Å². The van der Waals surface area contributed by atoms with E-state index >= 15 is 0 Å². The third kappa shape index (κ3) is 2.17. The molecule has 6 heteroatoms. The van der Waals surface area contributed by atoms with Crippen LogP contribution in [0.3, 0.4) is 0 Å². The van der Waals surface area contributed by atoms with E-state index < -0.39 is 0 Å². The van der Waals surface area contributed by atoms with Gasteiger partial charge in [0.05, 0.1) is 24.4 Å². The van der Waals surface area contributed by atoms with Gasteiger partial charge in [-0.05, 0) is 49.6 Å². The molecule has 120 valence electrons. The number of methoxy groups -OCH3 is 1. The molecule has 0 radical (unpaired) electrons. The third-order valence-corrected chi connectivity index (χ3v) is 4.42. The molecule has 1 aliphatic rings. The zero-order chi connectivity index (χ0) is 16.8. The fraction of sp³-hybridized carbons (Fsp3) is 0.278. The molecule has 2 aromatic heterocycles. The first kappa shape index (κ1) is 14.5. The number of phenolic OH excluding ortho intramolecular Hbond substituents is 1. The lowest BCUT2D eigenvalue weighted by atomic mass is 9.99. The van der Waals surface area contributed by atoms with E-state index in [0.29, 0.717) is 22.9 Å². The summed E-state index contributed by atoms with van der Waals surface area (Å²) < 4.78 is 7.15. The van der Waals surface area contributed by atoms with Gasteiger partial charge in [0, 0.05) is 11.5 Å². The average Bonchev–Trinajstić information content (AvgIpc) is 3.34. The Kier molecular flexibility index (Phi) is 3.17. The Morgan fingerprint density at radius 1 is 1.33 bits per heavy atom. The molecule has 0 bridgehead atoms. The number of aromatic nitrogens is 3. The molecule has 4 rings (SSSR count). The van der Waals surface area contributed by atoms with Gasteiger partial charge in [-0.15, -0.1) is 0 Å². The standard InChI is InChI=1S/C18H16N4O2/c1-10-12(9-19)7-13(23)8-14(10)15-5-6-16(24-2)18-20-17(11-3-4-11)21-22(15)18/h5-8,11,23H,3-4H2,1-2H3. The van der Waals surface area contributed by atoms with Crippen LogP contribution in [-0.4, -0.2) is 26.8 Å². The SMILES string of the molecule is COc1ccc(-c2cc(O)cc(C#N)c2C)n2nc(C3CC3)nc12. The fourth-order valence-electron chi connectivity index (χ4n) is 2.91. The van der Waals surface area contributed by atoms with Crippen LogP contribution in [0.5, 0.6) is 11.5 Å². The molecular weight excluding hydrogens is 304 g/mol. The lowest BCUT2D eigenvalue weighted by Crippen LogP contribution is -1.99. The van der Waals surface area contributed by atoms with Crippen molar-refractivity contribution in [3.8, 4) is 28.8 Å². The van der Waals surface area contributed by atoms with Gasteiger partial charge in [0.15, 0.2) is 17.2 Å². The van der Waals surface area contributed by atoms with Crippen molar-refractivity contribution in [1.82, 2.24) is 14.6 Å². The Morgan fingerprint density at radius 2 is 2.12 bits per heavy atom. The normalized spacial score (nSPS) is 13.9. The Bertz CT molecular complexity index is 996. The van der Waals surface area contributed by atoms with Crippen LogP contribution in [0.1, 0.15) is 35.7 Å². The van der Waals surface area contributed by atoms with Crippen LogP contribution in [0, 0.1) is 18.3 Å². The quantitative estimate of drug-likeness (QED) is 0.801. The molecule has 2 heterocycles. The summed E-state index contributed by atoms with van der Waals surface area (Å²) >= 11 is 0. The van der Waals surface area contributed by atoms with Crippen molar-refractivity contribution in [2.24, 2.45) is 0 Å². The Balaban J connectivity index is 2.01. The van der Waals surface area contributed by atoms with Crippen molar-refractivity contribution in [2.45, 2.75) is 25.7 Å². The number of phenols is 1. The highest BCUT2D eigenvalue weighted by Crippen LogP contribution is 2.40. The van der Waals surface area contributed by atoms with Crippen LogP contribution in [0.15, 0.2) is 24.3 Å². The van der Waals surface area contributed by atoms with Gasteiger partial charge in [-0.3, -0.25) is 0 Å². The maximum Gasteiger partial charge on any atom is 0.198 e. The summed E-state index contributed by atoms with van der Waals surface area (Å²) in [5, 5.41) is 23.9. The molecular formula is C18H16N4O2. The largest absolute Gasteiger partial charge is 0.508 e. The maximum atomic E-state index is 9.97. The van der Waals surface area contributed by atoms with Gasteiger partial charge >= 0.3 is 0 Å². The first-order valence-electron chi connectivity index (χ1n) is 7.80. The predicted octanol–water partition coefficient (Wildman–Crippen LogP) is 3.17. The number of benzene rings is 1. The Labute approximate surface area is 138 Å².